The lowest BCUT2D eigenvalue weighted by Gasteiger charge is -2.48. The molecule has 1 N–H and O–H groups in total. The molecule has 0 radical (unpaired) electrons. The third-order valence-electron chi connectivity index (χ3n) is 7.58. The number of piperidine rings is 1. The van der Waals surface area contributed by atoms with E-state index in [4.69, 9.17) is 0 Å². The number of benzene rings is 1. The summed E-state index contributed by atoms with van der Waals surface area (Å²) in [5, 5.41) is 3.24. The van der Waals surface area contributed by atoms with Gasteiger partial charge in [-0.3, -0.25) is 0 Å². The molecule has 1 heterocycles. The first-order valence-electron chi connectivity index (χ1n) is 11.4. The number of amides is 2. The molecular formula is C24H39N3O. The van der Waals surface area contributed by atoms with Crippen molar-refractivity contribution >= 4 is 6.03 Å². The summed E-state index contributed by atoms with van der Waals surface area (Å²) in [7, 11) is 3.63. The minimum absolute atomic E-state index is 0. The molecule has 156 valence electrons. The van der Waals surface area contributed by atoms with Crippen LogP contribution in [0.2, 0.25) is 0 Å². The standard InChI is InChI=1S/C24H37N3O.H2/c1-26(2)23(28)25-22-12-13-24(21-11-7-6-10-20(21)22)14-16-27(17-15-24)18-19-8-4-3-5-9-19;/h6-7,10-11,19,22H,3-5,8-9,12-18H2,1-2H3,(H,25,28);1H. The Bertz CT molecular complexity index is 678. The van der Waals surface area contributed by atoms with Crippen molar-refractivity contribution in [2.24, 2.45) is 5.92 Å². The number of urea groups is 1. The monoisotopic (exact) mass is 385 g/mol. The summed E-state index contributed by atoms with van der Waals surface area (Å²) in [4.78, 5) is 16.6. The SMILES string of the molecule is CN(C)C(=O)NC1CCC2(CCN(CC3CCCCC3)CC2)c2ccccc21.[HH]. The Morgan fingerprint density at radius 3 is 2.54 bits per heavy atom. The second kappa shape index (κ2) is 8.44. The Morgan fingerprint density at radius 2 is 1.82 bits per heavy atom. The quantitative estimate of drug-likeness (QED) is 0.799. The fourth-order valence-electron chi connectivity index (χ4n) is 5.84. The van der Waals surface area contributed by atoms with Crippen molar-refractivity contribution in [2.45, 2.75) is 69.2 Å². The fraction of sp³-hybridized carbons (Fsp3) is 0.708. The van der Waals surface area contributed by atoms with E-state index in [1.807, 2.05) is 14.1 Å². The first-order valence-corrected chi connectivity index (χ1v) is 11.4. The zero-order valence-electron chi connectivity index (χ0n) is 17.8. The lowest BCUT2D eigenvalue weighted by atomic mass is 9.63. The number of nitrogens with zero attached hydrogens (tertiary/aromatic N) is 2. The van der Waals surface area contributed by atoms with Crippen molar-refractivity contribution in [1.29, 1.82) is 0 Å². The molecule has 4 heteroatoms. The van der Waals surface area contributed by atoms with Crippen LogP contribution in [0.25, 0.3) is 0 Å². The lowest BCUT2D eigenvalue weighted by Crippen LogP contribution is -2.48. The predicted octanol–water partition coefficient (Wildman–Crippen LogP) is 4.95. The van der Waals surface area contributed by atoms with Crippen LogP contribution in [0.5, 0.6) is 0 Å². The molecule has 0 bridgehead atoms. The highest BCUT2D eigenvalue weighted by molar-refractivity contribution is 5.74. The van der Waals surface area contributed by atoms with Crippen LogP contribution < -0.4 is 5.32 Å². The van der Waals surface area contributed by atoms with E-state index in [2.05, 4.69) is 34.5 Å². The van der Waals surface area contributed by atoms with Crippen LogP contribution in [0, 0.1) is 5.92 Å². The number of likely N-dealkylation sites (tertiary alicyclic amines) is 1. The average Bonchev–Trinajstić information content (AvgIpc) is 2.73. The number of carbonyl (C=O) groups is 1. The van der Waals surface area contributed by atoms with E-state index in [0.717, 1.165) is 12.3 Å². The molecule has 1 unspecified atom stereocenters. The van der Waals surface area contributed by atoms with Gasteiger partial charge >= 0.3 is 6.03 Å². The number of hydrogen-bond donors (Lipinski definition) is 1. The minimum atomic E-state index is 0. The van der Waals surface area contributed by atoms with E-state index in [9.17, 15) is 4.79 Å². The van der Waals surface area contributed by atoms with Gasteiger partial charge < -0.3 is 15.1 Å². The zero-order chi connectivity index (χ0) is 19.6. The van der Waals surface area contributed by atoms with Crippen molar-refractivity contribution in [3.63, 3.8) is 0 Å². The molecule has 2 fully saturated rings. The van der Waals surface area contributed by atoms with Gasteiger partial charge in [-0.05, 0) is 74.1 Å². The largest absolute Gasteiger partial charge is 0.331 e. The third-order valence-corrected chi connectivity index (χ3v) is 7.58. The minimum Gasteiger partial charge on any atom is -0.331 e. The molecule has 1 atom stereocenters. The van der Waals surface area contributed by atoms with Crippen LogP contribution in [0.15, 0.2) is 24.3 Å². The molecule has 28 heavy (non-hydrogen) atoms. The first kappa shape index (κ1) is 19.8. The van der Waals surface area contributed by atoms with Gasteiger partial charge in [0.2, 0.25) is 0 Å². The van der Waals surface area contributed by atoms with Crippen molar-refractivity contribution in [3.05, 3.63) is 35.4 Å². The highest BCUT2D eigenvalue weighted by Gasteiger charge is 2.42. The lowest BCUT2D eigenvalue weighted by molar-refractivity contribution is 0.114. The van der Waals surface area contributed by atoms with Gasteiger partial charge in [0.25, 0.3) is 0 Å². The van der Waals surface area contributed by atoms with Gasteiger partial charge in [0.15, 0.2) is 0 Å². The predicted molar refractivity (Wildman–Crippen MR) is 117 cm³/mol. The second-order valence-corrected chi connectivity index (χ2v) is 9.61. The highest BCUT2D eigenvalue weighted by Crippen LogP contribution is 2.48. The second-order valence-electron chi connectivity index (χ2n) is 9.61. The molecule has 4 rings (SSSR count). The molecular weight excluding hydrogens is 346 g/mol. The maximum atomic E-state index is 12.2. The van der Waals surface area contributed by atoms with Crippen LogP contribution in [0.3, 0.4) is 0 Å². The average molecular weight is 386 g/mol. The van der Waals surface area contributed by atoms with E-state index >= 15 is 0 Å². The number of rotatable bonds is 3. The van der Waals surface area contributed by atoms with Gasteiger partial charge in [0, 0.05) is 22.1 Å². The zero-order valence-corrected chi connectivity index (χ0v) is 17.8. The van der Waals surface area contributed by atoms with Crippen molar-refractivity contribution in [2.75, 3.05) is 33.7 Å². The van der Waals surface area contributed by atoms with Crippen LogP contribution in [0.1, 0.15) is 76.4 Å². The number of nitrogens with one attached hydrogen (secondary N) is 1. The maximum Gasteiger partial charge on any atom is 0.317 e. The van der Waals surface area contributed by atoms with Gasteiger partial charge in [-0.15, -0.1) is 0 Å². The van der Waals surface area contributed by atoms with E-state index in [1.165, 1.54) is 82.1 Å². The first-order chi connectivity index (χ1) is 13.6. The summed E-state index contributed by atoms with van der Waals surface area (Å²) in [6.45, 7) is 3.79. The molecule has 3 aliphatic rings. The van der Waals surface area contributed by atoms with Gasteiger partial charge in [-0.1, -0.05) is 43.5 Å². The molecule has 0 aromatic heterocycles. The number of hydrogen-bond acceptors (Lipinski definition) is 2. The third kappa shape index (κ3) is 4.07. The summed E-state index contributed by atoms with van der Waals surface area (Å²) in [6, 6.07) is 9.05. The Morgan fingerprint density at radius 1 is 1.11 bits per heavy atom. The van der Waals surface area contributed by atoms with Crippen LogP contribution >= 0.6 is 0 Å². The van der Waals surface area contributed by atoms with E-state index in [0.29, 0.717) is 5.41 Å². The molecule has 1 aliphatic heterocycles. The highest BCUT2D eigenvalue weighted by atomic mass is 16.2. The van der Waals surface area contributed by atoms with Crippen LogP contribution in [-0.4, -0.2) is 49.6 Å². The van der Waals surface area contributed by atoms with E-state index in [1.54, 1.807) is 4.90 Å². The van der Waals surface area contributed by atoms with Crippen molar-refractivity contribution in [3.8, 4) is 0 Å². The summed E-state index contributed by atoms with van der Waals surface area (Å²) in [5.41, 5.74) is 3.17. The maximum absolute atomic E-state index is 12.2. The molecule has 1 spiro atoms. The molecule has 2 amide bonds. The summed E-state index contributed by atoms with van der Waals surface area (Å²) in [5.74, 6) is 0.937. The van der Waals surface area contributed by atoms with E-state index < -0.39 is 0 Å². The van der Waals surface area contributed by atoms with Crippen molar-refractivity contribution in [1.82, 2.24) is 15.1 Å². The van der Waals surface area contributed by atoms with E-state index in [-0.39, 0.29) is 13.5 Å². The van der Waals surface area contributed by atoms with Crippen molar-refractivity contribution < 1.29 is 6.22 Å². The van der Waals surface area contributed by atoms with Gasteiger partial charge in [0.05, 0.1) is 6.04 Å². The number of fused-ring (bicyclic) bond motifs is 2. The normalized spacial score (nSPS) is 25.3. The van der Waals surface area contributed by atoms with Crippen LogP contribution in [-0.2, 0) is 5.41 Å². The Kier molecular flexibility index (Phi) is 5.96. The topological polar surface area (TPSA) is 35.6 Å². The number of carbonyl (C=O) groups excluding carboxylic acids is 1. The van der Waals surface area contributed by atoms with Crippen LogP contribution in [0.4, 0.5) is 4.79 Å². The fourth-order valence-corrected chi connectivity index (χ4v) is 5.84. The molecule has 1 saturated heterocycles. The summed E-state index contributed by atoms with van der Waals surface area (Å²) < 4.78 is 0. The van der Waals surface area contributed by atoms with Gasteiger partial charge in [-0.2, -0.15) is 0 Å². The Labute approximate surface area is 172 Å². The molecule has 2 aliphatic carbocycles. The molecule has 1 aromatic carbocycles. The smallest absolute Gasteiger partial charge is 0.317 e. The van der Waals surface area contributed by atoms with Gasteiger partial charge in [0.1, 0.15) is 0 Å². The molecule has 1 aromatic rings. The molecule has 1 saturated carbocycles. The van der Waals surface area contributed by atoms with Gasteiger partial charge in [-0.25, -0.2) is 4.79 Å². The Hall–Kier alpha value is -1.55. The Balaban J connectivity index is 0.00000240. The molecule has 4 nitrogen and oxygen atoms in total. The summed E-state index contributed by atoms with van der Waals surface area (Å²) >= 11 is 0. The summed E-state index contributed by atoms with van der Waals surface area (Å²) in [6.07, 6.45) is 12.0.